The van der Waals surface area contributed by atoms with Crippen molar-refractivity contribution >= 4 is 29.1 Å². The van der Waals surface area contributed by atoms with Crippen LogP contribution in [0.2, 0.25) is 10.0 Å². The van der Waals surface area contributed by atoms with Crippen molar-refractivity contribution in [3.05, 3.63) is 69.5 Å². The summed E-state index contributed by atoms with van der Waals surface area (Å²) in [6.45, 7) is 0.281. The summed E-state index contributed by atoms with van der Waals surface area (Å²) in [7, 11) is 1.58. The molecule has 1 amide bonds. The largest absolute Gasteiger partial charge is 0.337 e. The highest BCUT2D eigenvalue weighted by molar-refractivity contribution is 6.34. The summed E-state index contributed by atoms with van der Waals surface area (Å²) < 4.78 is 13.7. The monoisotopic (exact) mass is 311 g/mol. The Morgan fingerprint density at radius 1 is 1.10 bits per heavy atom. The minimum Gasteiger partial charge on any atom is -0.337 e. The van der Waals surface area contributed by atoms with Gasteiger partial charge in [0.25, 0.3) is 5.91 Å². The van der Waals surface area contributed by atoms with Gasteiger partial charge in [-0.1, -0.05) is 47.5 Å². The third-order valence-electron chi connectivity index (χ3n) is 2.89. The molecule has 0 saturated heterocycles. The van der Waals surface area contributed by atoms with Crippen LogP contribution in [0.1, 0.15) is 15.9 Å². The molecule has 0 N–H and O–H groups in total. The molecule has 0 fully saturated rings. The first-order valence-corrected chi connectivity index (χ1v) is 6.69. The topological polar surface area (TPSA) is 20.3 Å². The molecule has 0 heterocycles. The van der Waals surface area contributed by atoms with Gasteiger partial charge in [-0.05, 0) is 23.8 Å². The molecule has 2 aromatic carbocycles. The number of halogens is 3. The van der Waals surface area contributed by atoms with Crippen LogP contribution in [0.4, 0.5) is 4.39 Å². The molecule has 2 aromatic rings. The van der Waals surface area contributed by atoms with Crippen LogP contribution in [-0.2, 0) is 6.54 Å². The van der Waals surface area contributed by atoms with Crippen LogP contribution in [0.25, 0.3) is 0 Å². The van der Waals surface area contributed by atoms with Crippen molar-refractivity contribution in [3.63, 3.8) is 0 Å². The Morgan fingerprint density at radius 2 is 1.75 bits per heavy atom. The fourth-order valence-corrected chi connectivity index (χ4v) is 2.29. The molecule has 0 saturated carbocycles. The molecule has 0 unspecified atom stereocenters. The van der Waals surface area contributed by atoms with Gasteiger partial charge in [-0.15, -0.1) is 0 Å². The van der Waals surface area contributed by atoms with Crippen molar-refractivity contribution in [1.29, 1.82) is 0 Å². The molecular weight excluding hydrogens is 300 g/mol. The van der Waals surface area contributed by atoms with Crippen molar-refractivity contribution in [2.75, 3.05) is 7.05 Å². The lowest BCUT2D eigenvalue weighted by molar-refractivity contribution is 0.0780. The summed E-state index contributed by atoms with van der Waals surface area (Å²) in [4.78, 5) is 13.6. The summed E-state index contributed by atoms with van der Waals surface area (Å²) in [6.07, 6.45) is 0. The van der Waals surface area contributed by atoms with Gasteiger partial charge >= 0.3 is 0 Å². The third-order valence-corrected chi connectivity index (χ3v) is 3.57. The van der Waals surface area contributed by atoms with Gasteiger partial charge < -0.3 is 4.90 Å². The second kappa shape index (κ2) is 6.25. The molecule has 0 atom stereocenters. The average Bonchev–Trinajstić information content (AvgIpc) is 2.41. The maximum absolute atomic E-state index is 13.7. The van der Waals surface area contributed by atoms with E-state index >= 15 is 0 Å². The summed E-state index contributed by atoms with van der Waals surface area (Å²) in [5.41, 5.74) is 0.668. The molecule has 2 nitrogen and oxygen atoms in total. The molecule has 5 heteroatoms. The van der Waals surface area contributed by atoms with E-state index in [1.807, 2.05) is 12.1 Å². The van der Waals surface area contributed by atoms with E-state index in [9.17, 15) is 9.18 Å². The first kappa shape index (κ1) is 14.8. The van der Waals surface area contributed by atoms with E-state index in [4.69, 9.17) is 23.2 Å². The van der Waals surface area contributed by atoms with Crippen molar-refractivity contribution < 1.29 is 9.18 Å². The standard InChI is InChI=1S/C15H12Cl2FNO/c1-19(9-10-5-2-3-6-11(10)16)15(20)14-12(17)7-4-8-13(14)18/h2-8H,9H2,1H3. The maximum atomic E-state index is 13.7. The van der Waals surface area contributed by atoms with E-state index in [1.165, 1.54) is 23.1 Å². The Labute approximate surface area is 126 Å². The number of rotatable bonds is 3. The molecule has 0 aliphatic carbocycles. The summed E-state index contributed by atoms with van der Waals surface area (Å²) >= 11 is 11.9. The number of carbonyl (C=O) groups is 1. The molecule has 0 aliphatic rings. The number of amides is 1. The quantitative estimate of drug-likeness (QED) is 0.822. The molecule has 104 valence electrons. The molecule has 0 spiro atoms. The Hall–Kier alpha value is -1.58. The smallest absolute Gasteiger partial charge is 0.258 e. The average molecular weight is 312 g/mol. The van der Waals surface area contributed by atoms with E-state index in [0.717, 1.165) is 5.56 Å². The van der Waals surface area contributed by atoms with Gasteiger partial charge in [0.05, 0.1) is 10.6 Å². The van der Waals surface area contributed by atoms with Crippen LogP contribution in [0.3, 0.4) is 0 Å². The third kappa shape index (κ3) is 3.11. The number of carbonyl (C=O) groups excluding carboxylic acids is 1. The zero-order valence-electron chi connectivity index (χ0n) is 10.7. The molecule has 0 radical (unpaired) electrons. The zero-order chi connectivity index (χ0) is 14.7. The fraction of sp³-hybridized carbons (Fsp3) is 0.133. The van der Waals surface area contributed by atoms with E-state index < -0.39 is 11.7 Å². The van der Waals surface area contributed by atoms with E-state index in [0.29, 0.717) is 5.02 Å². The Balaban J connectivity index is 2.24. The predicted molar refractivity (Wildman–Crippen MR) is 78.7 cm³/mol. The van der Waals surface area contributed by atoms with Gasteiger partial charge in [0, 0.05) is 18.6 Å². The number of nitrogens with zero attached hydrogens (tertiary/aromatic N) is 1. The molecule has 20 heavy (non-hydrogen) atoms. The Kier molecular flexibility index (Phi) is 4.63. The van der Waals surface area contributed by atoms with Crippen molar-refractivity contribution in [1.82, 2.24) is 4.90 Å². The van der Waals surface area contributed by atoms with Gasteiger partial charge in [0.1, 0.15) is 5.82 Å². The minimum absolute atomic E-state index is 0.0982. The number of hydrogen-bond acceptors (Lipinski definition) is 1. The normalized spacial score (nSPS) is 10.4. The minimum atomic E-state index is -0.631. The van der Waals surface area contributed by atoms with Crippen LogP contribution in [-0.4, -0.2) is 17.9 Å². The van der Waals surface area contributed by atoms with Crippen LogP contribution < -0.4 is 0 Å². The van der Waals surface area contributed by atoms with Crippen LogP contribution >= 0.6 is 23.2 Å². The molecule has 0 bridgehead atoms. The highest BCUT2D eigenvalue weighted by atomic mass is 35.5. The van der Waals surface area contributed by atoms with E-state index in [1.54, 1.807) is 19.2 Å². The van der Waals surface area contributed by atoms with Gasteiger partial charge in [-0.2, -0.15) is 0 Å². The Morgan fingerprint density at radius 3 is 2.40 bits per heavy atom. The second-order valence-electron chi connectivity index (χ2n) is 4.35. The fourth-order valence-electron chi connectivity index (χ4n) is 1.85. The Bertz CT molecular complexity index is 625. The molecule has 2 rings (SSSR count). The van der Waals surface area contributed by atoms with Crippen LogP contribution in [0.15, 0.2) is 42.5 Å². The van der Waals surface area contributed by atoms with Crippen molar-refractivity contribution in [2.24, 2.45) is 0 Å². The van der Waals surface area contributed by atoms with Gasteiger partial charge in [0.2, 0.25) is 0 Å². The zero-order valence-corrected chi connectivity index (χ0v) is 12.2. The number of benzene rings is 2. The first-order valence-electron chi connectivity index (χ1n) is 5.93. The van der Waals surface area contributed by atoms with E-state index in [2.05, 4.69) is 0 Å². The van der Waals surface area contributed by atoms with Crippen LogP contribution in [0.5, 0.6) is 0 Å². The van der Waals surface area contributed by atoms with Crippen molar-refractivity contribution in [3.8, 4) is 0 Å². The summed E-state index contributed by atoms with van der Waals surface area (Å²) in [5.74, 6) is -1.11. The highest BCUT2D eigenvalue weighted by Gasteiger charge is 2.20. The molecule has 0 aromatic heterocycles. The summed E-state index contributed by atoms with van der Waals surface area (Å²) in [6, 6.07) is 11.4. The highest BCUT2D eigenvalue weighted by Crippen LogP contribution is 2.22. The second-order valence-corrected chi connectivity index (χ2v) is 5.16. The molecule has 0 aliphatic heterocycles. The van der Waals surface area contributed by atoms with Gasteiger partial charge in [-0.25, -0.2) is 4.39 Å². The molecular formula is C15H12Cl2FNO. The van der Waals surface area contributed by atoms with Crippen LogP contribution in [0, 0.1) is 5.82 Å². The lowest BCUT2D eigenvalue weighted by atomic mass is 10.1. The first-order chi connectivity index (χ1) is 9.50. The van der Waals surface area contributed by atoms with Gasteiger partial charge in [0.15, 0.2) is 0 Å². The lowest BCUT2D eigenvalue weighted by Crippen LogP contribution is -2.27. The van der Waals surface area contributed by atoms with E-state index in [-0.39, 0.29) is 17.1 Å². The number of hydrogen-bond donors (Lipinski definition) is 0. The van der Waals surface area contributed by atoms with Crippen molar-refractivity contribution in [2.45, 2.75) is 6.54 Å². The predicted octanol–water partition coefficient (Wildman–Crippen LogP) is 4.40. The SMILES string of the molecule is CN(Cc1ccccc1Cl)C(=O)c1c(F)cccc1Cl. The lowest BCUT2D eigenvalue weighted by Gasteiger charge is -2.19. The maximum Gasteiger partial charge on any atom is 0.258 e. The van der Waals surface area contributed by atoms with Gasteiger partial charge in [-0.3, -0.25) is 4.79 Å². The summed E-state index contributed by atoms with van der Waals surface area (Å²) in [5, 5.41) is 0.660.